The van der Waals surface area contributed by atoms with E-state index in [2.05, 4.69) is 30.3 Å². The highest BCUT2D eigenvalue weighted by Gasteiger charge is 2.42. The fourth-order valence-electron chi connectivity index (χ4n) is 6.98. The van der Waals surface area contributed by atoms with Gasteiger partial charge < -0.3 is 55.5 Å². The molecule has 1 aliphatic heterocycles. The number of oxime groups is 1. The van der Waals surface area contributed by atoms with Gasteiger partial charge in [0, 0.05) is 50.9 Å². The van der Waals surface area contributed by atoms with E-state index >= 15 is 0 Å². The monoisotopic (exact) mass is 907 g/mol. The summed E-state index contributed by atoms with van der Waals surface area (Å²) in [5.41, 5.74) is 6.97. The number of aryl methyl sites for hydroxylation is 1. The Hall–Kier alpha value is -4.89. The fraction of sp³-hybridized carbons (Fsp3) is 0.610. The van der Waals surface area contributed by atoms with E-state index in [0.29, 0.717) is 18.7 Å². The van der Waals surface area contributed by atoms with Gasteiger partial charge in [-0.1, -0.05) is 49.3 Å². The van der Waals surface area contributed by atoms with Crippen molar-refractivity contribution in [2.45, 2.75) is 102 Å². The quantitative estimate of drug-likeness (QED) is 0.0246. The summed E-state index contributed by atoms with van der Waals surface area (Å²) in [5, 5.41) is 19.5. The molecule has 0 aliphatic carbocycles. The molecule has 3 rings (SSSR count). The molecule has 1 aromatic carbocycles. The van der Waals surface area contributed by atoms with Crippen molar-refractivity contribution in [3.05, 3.63) is 54.1 Å². The normalized spacial score (nSPS) is 17.8. The molecule has 1 unspecified atom stereocenters. The molecule has 63 heavy (non-hydrogen) atoms. The Labute approximate surface area is 366 Å². The van der Waals surface area contributed by atoms with Gasteiger partial charge in [0.2, 0.25) is 23.6 Å². The summed E-state index contributed by atoms with van der Waals surface area (Å²) in [6.07, 6.45) is 2.61. The number of nitrogens with two attached hydrogens (primary N) is 1. The Morgan fingerprint density at radius 2 is 1.75 bits per heavy atom. The number of nitrogens with one attached hydrogen (secondary N) is 3. The van der Waals surface area contributed by atoms with Gasteiger partial charge in [0.25, 0.3) is 0 Å². The number of ether oxygens (including phenoxy) is 2. The summed E-state index contributed by atoms with van der Waals surface area (Å²) >= 11 is 0. The number of hydrogen-bond donors (Lipinski definition) is 7. The molecule has 22 heteroatoms. The van der Waals surface area contributed by atoms with Crippen molar-refractivity contribution in [1.82, 2.24) is 25.5 Å². The van der Waals surface area contributed by atoms with Crippen molar-refractivity contribution in [3.63, 3.8) is 0 Å². The van der Waals surface area contributed by atoms with E-state index < -0.39 is 98.7 Å². The van der Waals surface area contributed by atoms with Crippen LogP contribution in [0, 0.1) is 17.8 Å². The summed E-state index contributed by atoms with van der Waals surface area (Å²) in [6.45, 7) is 4.65. The Balaban J connectivity index is 1.78. The van der Waals surface area contributed by atoms with Gasteiger partial charge >= 0.3 is 7.82 Å². The number of aromatic nitrogens is 2. The number of aromatic amines is 1. The molecular weight excluding hydrogens is 845 g/mol. The number of methoxy groups -OCH3 is 1. The number of imidazole rings is 1. The number of aliphatic hydroxyl groups excluding tert-OH is 1. The number of H-pyrrole nitrogens is 1. The number of Topliss-reactive ketones (excluding diaryl/α,β-unsaturated/α-hetero) is 2. The van der Waals surface area contributed by atoms with Gasteiger partial charge in [0.15, 0.2) is 11.6 Å². The van der Waals surface area contributed by atoms with Gasteiger partial charge in [0.05, 0.1) is 69.7 Å². The zero-order chi connectivity index (χ0) is 46.5. The molecule has 1 saturated heterocycles. The number of benzene rings is 1. The Morgan fingerprint density at radius 3 is 2.37 bits per heavy atom. The molecule has 0 radical (unpaired) electrons. The molecule has 0 spiro atoms. The van der Waals surface area contributed by atoms with Crippen LogP contribution in [-0.4, -0.2) is 142 Å². The van der Waals surface area contributed by atoms with Crippen LogP contribution in [0.25, 0.3) is 0 Å². The molecule has 1 aromatic heterocycles. The number of nitrogens with zero attached hydrogens (tertiary/aromatic N) is 3. The van der Waals surface area contributed by atoms with Crippen molar-refractivity contribution in [2.24, 2.45) is 28.6 Å². The number of phosphoric acid groups is 1. The van der Waals surface area contributed by atoms with Gasteiger partial charge in [-0.3, -0.25) is 33.3 Å². The number of likely N-dealkylation sites (tertiary alicyclic amines) is 1. The van der Waals surface area contributed by atoms with Crippen LogP contribution in [0.5, 0.6) is 0 Å². The number of rotatable bonds is 30. The van der Waals surface area contributed by atoms with E-state index in [1.54, 1.807) is 6.21 Å². The Bertz CT molecular complexity index is 1850. The minimum atomic E-state index is -5.07. The minimum absolute atomic E-state index is 0.0277. The predicted molar refractivity (Wildman–Crippen MR) is 226 cm³/mol. The maximum atomic E-state index is 14.2. The number of ketones is 2. The minimum Gasteiger partial charge on any atom is -0.394 e. The van der Waals surface area contributed by atoms with Crippen molar-refractivity contribution < 1.29 is 67.1 Å². The lowest BCUT2D eigenvalue weighted by Gasteiger charge is -2.28. The molecule has 350 valence electrons. The summed E-state index contributed by atoms with van der Waals surface area (Å²) < 4.78 is 26.4. The summed E-state index contributed by atoms with van der Waals surface area (Å²) in [5.74, 6) is -7.16. The maximum Gasteiger partial charge on any atom is 0.469 e. The summed E-state index contributed by atoms with van der Waals surface area (Å²) in [7, 11) is -3.55. The topological polar surface area (TPSA) is 311 Å². The number of primary amides is 1. The molecule has 8 N–H and O–H groups in total. The molecule has 1 aliphatic rings. The molecule has 2 aromatic rings. The molecule has 2 heterocycles. The third-order valence-electron chi connectivity index (χ3n) is 10.3. The summed E-state index contributed by atoms with van der Waals surface area (Å²) in [4.78, 5) is 113. The Kier molecular flexibility index (Phi) is 22.2. The first-order valence-electron chi connectivity index (χ1n) is 20.8. The van der Waals surface area contributed by atoms with E-state index in [1.807, 2.05) is 44.2 Å². The smallest absolute Gasteiger partial charge is 0.394 e. The largest absolute Gasteiger partial charge is 0.469 e. The van der Waals surface area contributed by atoms with E-state index in [9.17, 15) is 48.2 Å². The van der Waals surface area contributed by atoms with Gasteiger partial charge in [-0.15, -0.1) is 0 Å². The predicted octanol–water partition coefficient (Wildman–Crippen LogP) is 0.752. The first-order valence-corrected chi connectivity index (χ1v) is 22.3. The van der Waals surface area contributed by atoms with Gasteiger partial charge in [-0.25, -0.2) is 9.55 Å². The van der Waals surface area contributed by atoms with Gasteiger partial charge in [-0.2, -0.15) is 0 Å². The van der Waals surface area contributed by atoms with Crippen molar-refractivity contribution in [3.8, 4) is 0 Å². The molecule has 1 fully saturated rings. The van der Waals surface area contributed by atoms with Crippen LogP contribution >= 0.6 is 7.82 Å². The Morgan fingerprint density at radius 1 is 1.03 bits per heavy atom. The van der Waals surface area contributed by atoms with Crippen LogP contribution in [0.4, 0.5) is 0 Å². The van der Waals surface area contributed by atoms with Crippen LogP contribution in [-0.2, 0) is 65.0 Å². The first-order chi connectivity index (χ1) is 29.9. The average molecular weight is 908 g/mol. The SMILES string of the molecule is COCCOCCC(=O)N1C[C@H](O/N=C\CCc2ccccc2)C[C@H]1C(=O)N[C@@H](CC(C)C)C(=O)C[C@@H](Cc1cnc[nH]1)C(=O)N[C@@H](CO)C(=O)C[C@H](C(N)=O)C(C)OP(=O)(O)O. The maximum absolute atomic E-state index is 14.2. The molecule has 0 bridgehead atoms. The first kappa shape index (κ1) is 52.5. The zero-order valence-corrected chi connectivity index (χ0v) is 37.0. The third-order valence-corrected chi connectivity index (χ3v) is 10.9. The number of carbonyl (C=O) groups excluding carboxylic acids is 6. The highest BCUT2D eigenvalue weighted by atomic mass is 31.2. The van der Waals surface area contributed by atoms with Crippen LogP contribution in [0.3, 0.4) is 0 Å². The lowest BCUT2D eigenvalue weighted by Crippen LogP contribution is -2.52. The van der Waals surface area contributed by atoms with Crippen LogP contribution in [0.2, 0.25) is 0 Å². The molecular formula is C41H62N7O14P. The molecule has 7 atom stereocenters. The molecule has 0 saturated carbocycles. The van der Waals surface area contributed by atoms with Gasteiger partial charge in [-0.05, 0) is 37.7 Å². The lowest BCUT2D eigenvalue weighted by molar-refractivity contribution is -0.140. The number of hydrogen-bond acceptors (Lipinski definition) is 14. The average Bonchev–Trinajstić information content (AvgIpc) is 3.91. The van der Waals surface area contributed by atoms with Gasteiger partial charge in [0.1, 0.15) is 18.2 Å². The van der Waals surface area contributed by atoms with Crippen molar-refractivity contribution in [2.75, 3.05) is 40.1 Å². The summed E-state index contributed by atoms with van der Waals surface area (Å²) in [6, 6.07) is 6.10. The third kappa shape index (κ3) is 18.8. The van der Waals surface area contributed by atoms with Crippen LogP contribution < -0.4 is 16.4 Å². The van der Waals surface area contributed by atoms with Crippen molar-refractivity contribution >= 4 is 49.2 Å². The standard InChI is InChI=1S/C41H62N7O14P/c1-26(2)17-33(46-41(55)35-20-31(23-48(35)38(52)12-14-60-16-15-59-4)61-45-13-8-11-28-9-6-5-7-10-28)36(50)19-29(18-30-22-43-25-44-30)40(54)47-34(24-49)37(51)21-32(39(42)53)27(3)62-63(56,57)58/h5-7,9-10,13,22,25-27,29,31-35,49H,8,11-12,14-21,23-24H2,1-4H3,(H2,42,53)(H,43,44)(H,46,55)(H,47,54)(H2,56,57,58)/b45-13-/t27?,29-,31-,32+,33+,34+,35+/m1/s1. The highest BCUT2D eigenvalue weighted by molar-refractivity contribution is 7.46. The lowest BCUT2D eigenvalue weighted by atomic mass is 9.89. The fourth-order valence-corrected chi connectivity index (χ4v) is 7.56. The van der Waals surface area contributed by atoms with Crippen LogP contribution in [0.1, 0.15) is 70.6 Å². The van der Waals surface area contributed by atoms with E-state index in [4.69, 9.17) is 20.0 Å². The van der Waals surface area contributed by atoms with Crippen LogP contribution in [0.15, 0.2) is 48.0 Å². The van der Waals surface area contributed by atoms with Crippen molar-refractivity contribution in [1.29, 1.82) is 0 Å². The van der Waals surface area contributed by atoms with E-state index in [1.165, 1.54) is 24.5 Å². The second-order valence-electron chi connectivity index (χ2n) is 15.8. The van der Waals surface area contributed by atoms with E-state index in [-0.39, 0.29) is 57.3 Å². The number of aliphatic hydroxyl groups is 1. The highest BCUT2D eigenvalue weighted by Crippen LogP contribution is 2.39. The molecule has 21 nitrogen and oxygen atoms in total. The zero-order valence-electron chi connectivity index (χ0n) is 36.1. The second kappa shape index (κ2) is 26.7. The molecule has 4 amide bonds. The second-order valence-corrected chi connectivity index (χ2v) is 16.9. The number of carbonyl (C=O) groups is 6. The van der Waals surface area contributed by atoms with E-state index in [0.717, 1.165) is 18.9 Å². The number of phosphoric ester groups is 1. The number of amides is 4.